The Morgan fingerprint density at radius 3 is 2.16 bits per heavy atom. The number of carbonyl (C=O) groups excluding carboxylic acids is 5. The zero-order valence-corrected chi connectivity index (χ0v) is 29.3. The number of hydrogen-bond donors (Lipinski definition) is 3. The molecule has 0 saturated carbocycles. The summed E-state index contributed by atoms with van der Waals surface area (Å²) in [5.41, 5.74) is -0.00649. The predicted octanol–water partition coefficient (Wildman–Crippen LogP) is 5.58. The summed E-state index contributed by atoms with van der Waals surface area (Å²) in [4.78, 5) is 66.0. The van der Waals surface area contributed by atoms with Gasteiger partial charge in [-0.15, -0.1) is 0 Å². The average Bonchev–Trinajstić information content (AvgIpc) is 2.98. The Balaban J connectivity index is 3.51. The summed E-state index contributed by atoms with van der Waals surface area (Å²) < 4.78 is 12.0. The first kappa shape index (κ1) is 39.1. The molecule has 1 heterocycles. The van der Waals surface area contributed by atoms with Crippen LogP contribution in [0.15, 0.2) is 24.4 Å². The molecule has 0 unspecified atom stereocenters. The molecule has 0 bridgehead atoms. The standard InChI is InChI=1S/C33H57N3O7Si/c1-10-14-15-16-17-23(7)29-26(20-21-42-33(41)44(11-2,12-3)13-4)31(39)34-24(8)18-19-27(37)35-25(9)30(38)36-28(22(5)6)32(40)43-29/h18-19,22-23,25-26,28-29H,8,10-17,20-21H2,1-7,9H3,(H,34,39)(H,35,37)(H,36,38)/b19-18+/t23-,25+,26+,28-,29+/m1/s1. The fourth-order valence-corrected chi connectivity index (χ4v) is 8.27. The van der Waals surface area contributed by atoms with Gasteiger partial charge in [-0.1, -0.05) is 80.7 Å². The van der Waals surface area contributed by atoms with Gasteiger partial charge in [0.1, 0.15) is 18.2 Å². The zero-order valence-electron chi connectivity index (χ0n) is 28.3. The molecule has 10 nitrogen and oxygen atoms in total. The summed E-state index contributed by atoms with van der Waals surface area (Å²) in [5, 5.41) is 8.02. The van der Waals surface area contributed by atoms with Crippen molar-refractivity contribution in [2.45, 2.75) is 130 Å². The smallest absolute Gasteiger partial charge is 0.329 e. The molecule has 1 aliphatic rings. The van der Waals surface area contributed by atoms with E-state index in [1.165, 1.54) is 19.1 Å². The summed E-state index contributed by atoms with van der Waals surface area (Å²) in [6.45, 7) is 19.1. The fraction of sp³-hybridized carbons (Fsp3) is 0.727. The van der Waals surface area contributed by atoms with Gasteiger partial charge in [0, 0.05) is 11.8 Å². The highest BCUT2D eigenvalue weighted by Gasteiger charge is 2.40. The monoisotopic (exact) mass is 635 g/mol. The fourth-order valence-electron chi connectivity index (χ4n) is 5.49. The number of rotatable bonds is 14. The Hall–Kier alpha value is -2.95. The summed E-state index contributed by atoms with van der Waals surface area (Å²) in [7, 11) is -2.26. The maximum atomic E-state index is 13.8. The van der Waals surface area contributed by atoms with Crippen LogP contribution in [0.3, 0.4) is 0 Å². The molecule has 11 heteroatoms. The van der Waals surface area contributed by atoms with Crippen LogP contribution in [-0.4, -0.2) is 62.2 Å². The first-order valence-corrected chi connectivity index (χ1v) is 19.0. The summed E-state index contributed by atoms with van der Waals surface area (Å²) in [6.07, 6.45) is 6.58. The Morgan fingerprint density at radius 2 is 1.59 bits per heavy atom. The van der Waals surface area contributed by atoms with Gasteiger partial charge in [-0.3, -0.25) is 19.2 Å². The molecular weight excluding hydrogens is 578 g/mol. The molecule has 3 amide bonds. The minimum Gasteiger partial charge on any atom is -0.470 e. The lowest BCUT2D eigenvalue weighted by Gasteiger charge is -2.33. The van der Waals surface area contributed by atoms with Crippen molar-refractivity contribution >= 4 is 37.4 Å². The first-order valence-electron chi connectivity index (χ1n) is 16.4. The first-order chi connectivity index (χ1) is 20.8. The molecule has 0 saturated heterocycles. The third kappa shape index (κ3) is 11.9. The molecule has 1 rings (SSSR count). The van der Waals surface area contributed by atoms with Crippen LogP contribution in [0.5, 0.6) is 0 Å². The van der Waals surface area contributed by atoms with Crippen LogP contribution in [0.1, 0.15) is 93.9 Å². The zero-order chi connectivity index (χ0) is 33.4. The molecule has 0 aliphatic carbocycles. The van der Waals surface area contributed by atoms with Gasteiger partial charge in [0.25, 0.3) is 5.59 Å². The Morgan fingerprint density at radius 1 is 0.955 bits per heavy atom. The average molecular weight is 636 g/mol. The second-order valence-electron chi connectivity index (χ2n) is 12.4. The molecule has 250 valence electrons. The lowest BCUT2D eigenvalue weighted by molar-refractivity contribution is -0.162. The van der Waals surface area contributed by atoms with Crippen LogP contribution < -0.4 is 16.0 Å². The molecule has 0 aromatic carbocycles. The van der Waals surface area contributed by atoms with Crippen molar-refractivity contribution in [1.82, 2.24) is 16.0 Å². The maximum absolute atomic E-state index is 13.8. The molecule has 0 fully saturated rings. The van der Waals surface area contributed by atoms with E-state index in [9.17, 15) is 24.0 Å². The molecule has 0 aromatic heterocycles. The number of allylic oxidation sites excluding steroid dienone is 1. The van der Waals surface area contributed by atoms with E-state index >= 15 is 0 Å². The molecule has 0 spiro atoms. The van der Waals surface area contributed by atoms with E-state index in [0.29, 0.717) is 6.42 Å². The lowest BCUT2D eigenvalue weighted by Crippen LogP contribution is -2.53. The number of hydrogen-bond acceptors (Lipinski definition) is 7. The highest BCUT2D eigenvalue weighted by molar-refractivity contribution is 7.04. The van der Waals surface area contributed by atoms with Crippen LogP contribution in [0.25, 0.3) is 0 Å². The number of esters is 1. The molecule has 5 atom stereocenters. The Labute approximate surface area is 265 Å². The van der Waals surface area contributed by atoms with Gasteiger partial charge in [0.05, 0.1) is 12.5 Å². The summed E-state index contributed by atoms with van der Waals surface area (Å²) in [5.74, 6) is -3.61. The van der Waals surface area contributed by atoms with Crippen molar-refractivity contribution in [3.63, 3.8) is 0 Å². The number of cyclic esters (lactones) is 1. The van der Waals surface area contributed by atoms with Crippen molar-refractivity contribution in [1.29, 1.82) is 0 Å². The predicted molar refractivity (Wildman–Crippen MR) is 175 cm³/mol. The van der Waals surface area contributed by atoms with Gasteiger partial charge in [-0.05, 0) is 55.8 Å². The van der Waals surface area contributed by atoms with Gasteiger partial charge in [-0.2, -0.15) is 0 Å². The minimum absolute atomic E-state index is 0.00510. The van der Waals surface area contributed by atoms with E-state index in [-0.39, 0.29) is 36.2 Å². The number of ether oxygens (including phenoxy) is 2. The summed E-state index contributed by atoms with van der Waals surface area (Å²) >= 11 is 0. The highest BCUT2D eigenvalue weighted by atomic mass is 28.3. The lowest BCUT2D eigenvalue weighted by atomic mass is 9.85. The van der Waals surface area contributed by atoms with Crippen LogP contribution in [0.4, 0.5) is 4.79 Å². The molecule has 3 N–H and O–H groups in total. The number of amides is 3. The van der Waals surface area contributed by atoms with Gasteiger partial charge < -0.3 is 25.4 Å². The molecular formula is C33H57N3O7Si. The molecule has 0 radical (unpaired) electrons. The maximum Gasteiger partial charge on any atom is 0.329 e. The van der Waals surface area contributed by atoms with Crippen LogP contribution >= 0.6 is 0 Å². The van der Waals surface area contributed by atoms with Gasteiger partial charge >= 0.3 is 5.97 Å². The summed E-state index contributed by atoms with van der Waals surface area (Å²) in [6, 6.07) is 0.407. The van der Waals surface area contributed by atoms with Crippen molar-refractivity contribution in [2.24, 2.45) is 17.8 Å². The molecule has 0 aromatic rings. The Kier molecular flexibility index (Phi) is 17.3. The number of nitrogens with one attached hydrogen (secondary N) is 3. The van der Waals surface area contributed by atoms with Gasteiger partial charge in [0.2, 0.25) is 17.7 Å². The van der Waals surface area contributed by atoms with Gasteiger partial charge in [0.15, 0.2) is 8.07 Å². The molecule has 44 heavy (non-hydrogen) atoms. The van der Waals surface area contributed by atoms with Gasteiger partial charge in [-0.25, -0.2) is 4.79 Å². The largest absolute Gasteiger partial charge is 0.470 e. The van der Waals surface area contributed by atoms with E-state index in [1.807, 2.05) is 27.7 Å². The van der Waals surface area contributed by atoms with E-state index in [0.717, 1.165) is 43.8 Å². The number of carbonyl (C=O) groups is 5. The van der Waals surface area contributed by atoms with Crippen molar-refractivity contribution in [3.05, 3.63) is 24.4 Å². The Bertz CT molecular complexity index is 1020. The molecule has 1 aliphatic heterocycles. The topological polar surface area (TPSA) is 140 Å². The minimum atomic E-state index is -2.26. The van der Waals surface area contributed by atoms with E-state index in [4.69, 9.17) is 9.47 Å². The van der Waals surface area contributed by atoms with E-state index in [1.54, 1.807) is 13.8 Å². The van der Waals surface area contributed by atoms with Crippen molar-refractivity contribution < 1.29 is 33.4 Å². The quantitative estimate of drug-likeness (QED) is 0.129. The van der Waals surface area contributed by atoms with Crippen LogP contribution in [0, 0.1) is 17.8 Å². The van der Waals surface area contributed by atoms with Crippen LogP contribution in [0.2, 0.25) is 18.1 Å². The number of unbranched alkanes of at least 4 members (excludes halogenated alkanes) is 3. The SMILES string of the molecule is C=C1/C=C/C(=O)N[C@@H](C)C(=O)N[C@H](C(C)C)C(=O)O[C@@H]([C@H](C)CCCCCC)[C@H](CCOC(=O)[Si](CC)(CC)CC)C(=O)N1. The van der Waals surface area contributed by atoms with Crippen molar-refractivity contribution in [3.8, 4) is 0 Å². The van der Waals surface area contributed by atoms with E-state index in [2.05, 4.69) is 29.5 Å². The third-order valence-electron chi connectivity index (χ3n) is 8.87. The van der Waals surface area contributed by atoms with Crippen molar-refractivity contribution in [2.75, 3.05) is 6.61 Å². The van der Waals surface area contributed by atoms with Crippen LogP contribution in [-0.2, 0) is 28.7 Å². The van der Waals surface area contributed by atoms with E-state index < -0.39 is 55.9 Å². The second-order valence-corrected chi connectivity index (χ2v) is 17.5. The highest BCUT2D eigenvalue weighted by Crippen LogP contribution is 2.28. The second kappa shape index (κ2) is 19.4. The third-order valence-corrected chi connectivity index (χ3v) is 13.9. The normalized spacial score (nSPS) is 23.9.